The third-order valence-corrected chi connectivity index (χ3v) is 8.66. The number of sulfonamides is 1. The molecule has 0 radical (unpaired) electrons. The molecule has 0 spiro atoms. The van der Waals surface area contributed by atoms with Crippen molar-refractivity contribution in [1.82, 2.24) is 10.2 Å². The quantitative estimate of drug-likeness (QED) is 0.318. The number of carbonyl (C=O) groups is 2. The minimum absolute atomic E-state index is 0.00635. The molecule has 0 aliphatic rings. The first-order valence-corrected chi connectivity index (χ1v) is 15.2. The highest BCUT2D eigenvalue weighted by molar-refractivity contribution is 7.92. The summed E-state index contributed by atoms with van der Waals surface area (Å²) < 4.78 is 39.8. The van der Waals surface area contributed by atoms with Gasteiger partial charge in [0, 0.05) is 23.2 Å². The van der Waals surface area contributed by atoms with Crippen LogP contribution in [0.15, 0.2) is 71.6 Å². The van der Waals surface area contributed by atoms with Crippen LogP contribution in [0.4, 0.5) is 5.69 Å². The van der Waals surface area contributed by atoms with Crippen LogP contribution in [0.2, 0.25) is 5.02 Å². The van der Waals surface area contributed by atoms with Gasteiger partial charge in [0.15, 0.2) is 11.5 Å². The Morgan fingerprint density at radius 3 is 2.14 bits per heavy atom. The van der Waals surface area contributed by atoms with Gasteiger partial charge in [0.25, 0.3) is 10.0 Å². The highest BCUT2D eigenvalue weighted by Gasteiger charge is 2.34. The van der Waals surface area contributed by atoms with E-state index in [1.54, 1.807) is 49.4 Å². The van der Waals surface area contributed by atoms with Crippen LogP contribution in [0, 0.1) is 6.92 Å². The fourth-order valence-electron chi connectivity index (χ4n) is 4.21. The van der Waals surface area contributed by atoms with E-state index in [0.717, 1.165) is 9.87 Å². The van der Waals surface area contributed by atoms with Crippen LogP contribution in [0.1, 0.15) is 38.8 Å². The van der Waals surface area contributed by atoms with Crippen LogP contribution >= 0.6 is 11.6 Å². The number of amides is 2. The molecule has 1 N–H and O–H groups in total. The first kappa shape index (κ1) is 32.8. The summed E-state index contributed by atoms with van der Waals surface area (Å²) in [5.74, 6) is -0.301. The second-order valence-corrected chi connectivity index (χ2v) is 13.2. The molecule has 0 saturated carbocycles. The number of aryl methyl sites for hydroxylation is 1. The molecular formula is C31H38ClN3O6S. The molecule has 11 heteroatoms. The van der Waals surface area contributed by atoms with E-state index in [1.807, 2.05) is 27.7 Å². The van der Waals surface area contributed by atoms with Crippen molar-refractivity contribution < 1.29 is 27.5 Å². The maximum atomic E-state index is 14.1. The summed E-state index contributed by atoms with van der Waals surface area (Å²) in [5.41, 5.74) is 1.13. The predicted molar refractivity (Wildman–Crippen MR) is 165 cm³/mol. The van der Waals surface area contributed by atoms with Crippen molar-refractivity contribution >= 4 is 39.1 Å². The number of nitrogens with one attached hydrogen (secondary N) is 1. The molecule has 3 aromatic carbocycles. The zero-order valence-electron chi connectivity index (χ0n) is 25.0. The predicted octanol–water partition coefficient (Wildman–Crippen LogP) is 5.19. The van der Waals surface area contributed by atoms with E-state index in [-0.39, 0.29) is 28.8 Å². The molecule has 0 aliphatic carbocycles. The first-order valence-electron chi connectivity index (χ1n) is 13.3. The maximum Gasteiger partial charge on any atom is 0.264 e. The molecule has 0 aliphatic heterocycles. The van der Waals surface area contributed by atoms with Crippen LogP contribution in [0.5, 0.6) is 11.5 Å². The molecule has 0 heterocycles. The van der Waals surface area contributed by atoms with E-state index in [1.165, 1.54) is 43.4 Å². The lowest BCUT2D eigenvalue weighted by Gasteiger charge is -2.33. The zero-order valence-corrected chi connectivity index (χ0v) is 26.5. The molecule has 1 atom stereocenters. The molecule has 0 bridgehead atoms. The van der Waals surface area contributed by atoms with Gasteiger partial charge in [-0.25, -0.2) is 8.42 Å². The molecule has 3 aromatic rings. The Morgan fingerprint density at radius 2 is 1.57 bits per heavy atom. The van der Waals surface area contributed by atoms with Crippen LogP contribution in [-0.2, 0) is 26.2 Å². The van der Waals surface area contributed by atoms with E-state index >= 15 is 0 Å². The molecule has 9 nitrogen and oxygen atoms in total. The topological polar surface area (TPSA) is 105 Å². The number of benzene rings is 3. The van der Waals surface area contributed by atoms with Crippen molar-refractivity contribution in [3.63, 3.8) is 0 Å². The zero-order chi connectivity index (χ0) is 31.2. The summed E-state index contributed by atoms with van der Waals surface area (Å²) >= 11 is 6.42. The smallest absolute Gasteiger partial charge is 0.264 e. The summed E-state index contributed by atoms with van der Waals surface area (Å²) in [5, 5.41) is 3.32. The third kappa shape index (κ3) is 7.95. The van der Waals surface area contributed by atoms with Crippen LogP contribution in [-0.4, -0.2) is 57.5 Å². The van der Waals surface area contributed by atoms with Crippen LogP contribution in [0.3, 0.4) is 0 Å². The number of halogens is 1. The van der Waals surface area contributed by atoms with Crippen molar-refractivity contribution in [1.29, 1.82) is 0 Å². The molecule has 0 aromatic heterocycles. The lowest BCUT2D eigenvalue weighted by atomic mass is 10.1. The SMILES string of the molecule is COc1ccc(N(CC(=O)N(Cc2ccccc2Cl)C(C)C(=O)NC(C)(C)C)S(=O)(=O)c2ccc(C)cc2)cc1OC. The Hall–Kier alpha value is -3.76. The van der Waals surface area contributed by atoms with Gasteiger partial charge in [0.05, 0.1) is 24.8 Å². The number of ether oxygens (including phenoxy) is 2. The van der Waals surface area contributed by atoms with Gasteiger partial charge in [0.1, 0.15) is 12.6 Å². The number of rotatable bonds is 11. The lowest BCUT2D eigenvalue weighted by molar-refractivity contribution is -0.140. The minimum atomic E-state index is -4.24. The van der Waals surface area contributed by atoms with Gasteiger partial charge in [-0.05, 0) is 70.5 Å². The monoisotopic (exact) mass is 615 g/mol. The largest absolute Gasteiger partial charge is 0.493 e. The summed E-state index contributed by atoms with van der Waals surface area (Å²) in [6, 6.07) is 17.0. The standard InChI is InChI=1S/C31H38ClN3O6S/c1-21-12-15-25(16-13-21)42(38,39)35(24-14-17-27(40-6)28(18-24)41-7)20-29(36)34(19-23-10-8-9-11-26(23)32)22(2)30(37)33-31(3,4)5/h8-18,22H,19-20H2,1-7H3,(H,33,37). The summed E-state index contributed by atoms with van der Waals surface area (Å²) in [6.07, 6.45) is 0. The molecule has 2 amide bonds. The molecule has 1 unspecified atom stereocenters. The van der Waals surface area contributed by atoms with Crippen molar-refractivity contribution in [2.75, 3.05) is 25.1 Å². The van der Waals surface area contributed by atoms with Gasteiger partial charge in [-0.2, -0.15) is 0 Å². The Kier molecular flexibility index (Phi) is 10.5. The van der Waals surface area contributed by atoms with Gasteiger partial charge in [0.2, 0.25) is 11.8 Å². The van der Waals surface area contributed by atoms with E-state index in [2.05, 4.69) is 5.32 Å². The molecular weight excluding hydrogens is 578 g/mol. The fourth-order valence-corrected chi connectivity index (χ4v) is 5.81. The second-order valence-electron chi connectivity index (χ2n) is 10.9. The van der Waals surface area contributed by atoms with Gasteiger partial charge in [-0.1, -0.05) is 47.5 Å². The Labute approximate surface area is 253 Å². The minimum Gasteiger partial charge on any atom is -0.493 e. The summed E-state index contributed by atoms with van der Waals surface area (Å²) in [6.45, 7) is 8.36. The number of hydrogen-bond donors (Lipinski definition) is 1. The number of anilines is 1. The fraction of sp³-hybridized carbons (Fsp3) is 0.355. The summed E-state index contributed by atoms with van der Waals surface area (Å²) in [4.78, 5) is 28.7. The molecule has 3 rings (SSSR count). The molecule has 0 saturated heterocycles. The average molecular weight is 616 g/mol. The number of hydrogen-bond acceptors (Lipinski definition) is 6. The van der Waals surface area contributed by atoms with Gasteiger partial charge >= 0.3 is 0 Å². The molecule has 226 valence electrons. The normalized spacial score (nSPS) is 12.3. The van der Waals surface area contributed by atoms with E-state index in [0.29, 0.717) is 16.3 Å². The van der Waals surface area contributed by atoms with E-state index in [9.17, 15) is 18.0 Å². The Balaban J connectivity index is 2.11. The van der Waals surface area contributed by atoms with Crippen molar-refractivity contribution in [3.8, 4) is 11.5 Å². The van der Waals surface area contributed by atoms with Crippen molar-refractivity contribution in [3.05, 3.63) is 82.9 Å². The van der Waals surface area contributed by atoms with Gasteiger partial charge in [-0.3, -0.25) is 13.9 Å². The van der Waals surface area contributed by atoms with Gasteiger partial charge in [-0.15, -0.1) is 0 Å². The number of carbonyl (C=O) groups excluding carboxylic acids is 2. The van der Waals surface area contributed by atoms with Crippen molar-refractivity contribution in [2.45, 2.75) is 57.6 Å². The van der Waals surface area contributed by atoms with Crippen LogP contribution < -0.4 is 19.1 Å². The lowest BCUT2D eigenvalue weighted by Crippen LogP contribution is -2.54. The average Bonchev–Trinajstić information content (AvgIpc) is 2.93. The molecule has 42 heavy (non-hydrogen) atoms. The van der Waals surface area contributed by atoms with E-state index in [4.69, 9.17) is 21.1 Å². The molecule has 0 fully saturated rings. The van der Waals surface area contributed by atoms with Crippen molar-refractivity contribution in [2.24, 2.45) is 0 Å². The second kappa shape index (κ2) is 13.5. The first-order chi connectivity index (χ1) is 19.7. The highest BCUT2D eigenvalue weighted by Crippen LogP contribution is 2.34. The van der Waals surface area contributed by atoms with E-state index < -0.39 is 34.1 Å². The summed E-state index contributed by atoms with van der Waals surface area (Å²) in [7, 11) is -1.33. The van der Waals surface area contributed by atoms with Gasteiger partial charge < -0.3 is 19.7 Å². The van der Waals surface area contributed by atoms with Crippen LogP contribution in [0.25, 0.3) is 0 Å². The number of nitrogens with zero attached hydrogens (tertiary/aromatic N) is 2. The Morgan fingerprint density at radius 1 is 0.952 bits per heavy atom. The number of methoxy groups -OCH3 is 2. The Bertz CT molecular complexity index is 1520. The third-order valence-electron chi connectivity index (χ3n) is 6.51. The maximum absolute atomic E-state index is 14.1. The highest BCUT2D eigenvalue weighted by atomic mass is 35.5.